The third-order valence-electron chi connectivity index (χ3n) is 1.94. The molecule has 82 valence electrons. The van der Waals surface area contributed by atoms with Gasteiger partial charge in [0.05, 0.1) is 17.0 Å². The molecule has 1 N–H and O–H groups in total. The fourth-order valence-electron chi connectivity index (χ4n) is 1.14. The van der Waals surface area contributed by atoms with E-state index >= 15 is 0 Å². The first-order valence-corrected chi connectivity index (χ1v) is 6.33. The molecule has 0 atom stereocenters. The minimum absolute atomic E-state index is 0.0599. The minimum Gasteiger partial charge on any atom is -0.352 e. The van der Waals surface area contributed by atoms with Crippen LogP contribution in [0.15, 0.2) is 6.07 Å². The SMILES string of the molecule is Cc1cc(C(=O)NCCCI)c(C)nn1. The first-order chi connectivity index (χ1) is 7.15. The maximum absolute atomic E-state index is 11.7. The van der Waals surface area contributed by atoms with Crippen molar-refractivity contribution < 1.29 is 4.79 Å². The van der Waals surface area contributed by atoms with Crippen molar-refractivity contribution >= 4 is 28.5 Å². The maximum atomic E-state index is 11.7. The summed E-state index contributed by atoms with van der Waals surface area (Å²) in [7, 11) is 0. The van der Waals surface area contributed by atoms with Crippen molar-refractivity contribution in [3.05, 3.63) is 23.0 Å². The lowest BCUT2D eigenvalue weighted by atomic mass is 10.2. The third-order valence-corrected chi connectivity index (χ3v) is 2.70. The van der Waals surface area contributed by atoms with Crippen molar-refractivity contribution in [1.29, 1.82) is 0 Å². The van der Waals surface area contributed by atoms with Crippen molar-refractivity contribution in [3.8, 4) is 0 Å². The lowest BCUT2D eigenvalue weighted by molar-refractivity contribution is 0.0952. The van der Waals surface area contributed by atoms with Gasteiger partial charge in [0.25, 0.3) is 5.91 Å². The lowest BCUT2D eigenvalue weighted by Gasteiger charge is -2.06. The number of alkyl halides is 1. The zero-order valence-corrected chi connectivity index (χ0v) is 11.0. The fourth-order valence-corrected chi connectivity index (χ4v) is 1.53. The number of aromatic nitrogens is 2. The van der Waals surface area contributed by atoms with Crippen LogP contribution in [-0.4, -0.2) is 27.1 Å². The summed E-state index contributed by atoms with van der Waals surface area (Å²) in [6.07, 6.45) is 0.989. The number of rotatable bonds is 4. The Morgan fingerprint density at radius 2 is 2.20 bits per heavy atom. The highest BCUT2D eigenvalue weighted by atomic mass is 127. The molecule has 0 radical (unpaired) electrons. The van der Waals surface area contributed by atoms with E-state index in [0.717, 1.165) is 16.5 Å². The van der Waals surface area contributed by atoms with Crippen molar-refractivity contribution in [3.63, 3.8) is 0 Å². The molecule has 1 heterocycles. The number of amides is 1. The Morgan fingerprint density at radius 3 is 2.87 bits per heavy atom. The van der Waals surface area contributed by atoms with E-state index < -0.39 is 0 Å². The Bertz CT molecular complexity index is 355. The van der Waals surface area contributed by atoms with Gasteiger partial charge in [0, 0.05) is 11.0 Å². The Morgan fingerprint density at radius 1 is 1.47 bits per heavy atom. The van der Waals surface area contributed by atoms with Crippen molar-refractivity contribution in [2.75, 3.05) is 11.0 Å². The molecule has 0 aliphatic heterocycles. The van der Waals surface area contributed by atoms with Gasteiger partial charge in [0.2, 0.25) is 0 Å². The molecule has 1 aromatic heterocycles. The van der Waals surface area contributed by atoms with Gasteiger partial charge in [-0.15, -0.1) is 0 Å². The molecule has 1 aromatic rings. The molecule has 15 heavy (non-hydrogen) atoms. The van der Waals surface area contributed by atoms with E-state index in [9.17, 15) is 4.79 Å². The third kappa shape index (κ3) is 3.73. The molecule has 1 rings (SSSR count). The molecule has 0 bridgehead atoms. The normalized spacial score (nSPS) is 10.1. The zero-order valence-electron chi connectivity index (χ0n) is 8.88. The number of carbonyl (C=O) groups excluding carboxylic acids is 1. The average Bonchev–Trinajstić information content (AvgIpc) is 2.22. The van der Waals surface area contributed by atoms with E-state index in [1.807, 2.05) is 6.92 Å². The largest absolute Gasteiger partial charge is 0.352 e. The number of nitrogens with zero attached hydrogens (tertiary/aromatic N) is 2. The molecule has 5 heteroatoms. The molecule has 0 fully saturated rings. The molecule has 0 saturated carbocycles. The van der Waals surface area contributed by atoms with E-state index in [1.54, 1.807) is 13.0 Å². The summed E-state index contributed by atoms with van der Waals surface area (Å²) < 4.78 is 1.05. The second-order valence-electron chi connectivity index (χ2n) is 3.28. The Hall–Kier alpha value is -0.720. The monoisotopic (exact) mass is 319 g/mol. The maximum Gasteiger partial charge on any atom is 0.253 e. The number of hydrogen-bond acceptors (Lipinski definition) is 3. The van der Waals surface area contributed by atoms with Crippen molar-refractivity contribution in [2.45, 2.75) is 20.3 Å². The number of halogens is 1. The Balaban J connectivity index is 2.68. The Kier molecular flexibility index (Phi) is 4.93. The summed E-state index contributed by atoms with van der Waals surface area (Å²) in [4.78, 5) is 11.7. The van der Waals surface area contributed by atoms with Gasteiger partial charge in [0.1, 0.15) is 0 Å². The van der Waals surface area contributed by atoms with E-state index in [2.05, 4.69) is 38.1 Å². The van der Waals surface area contributed by atoms with Crippen LogP contribution >= 0.6 is 22.6 Å². The lowest BCUT2D eigenvalue weighted by Crippen LogP contribution is -2.26. The van der Waals surface area contributed by atoms with Crippen LogP contribution in [-0.2, 0) is 0 Å². The first kappa shape index (κ1) is 12.4. The average molecular weight is 319 g/mol. The van der Waals surface area contributed by atoms with Crippen LogP contribution in [0, 0.1) is 13.8 Å². The van der Waals surface area contributed by atoms with Gasteiger partial charge in [-0.3, -0.25) is 4.79 Å². The summed E-state index contributed by atoms with van der Waals surface area (Å²) in [5, 5.41) is 10.7. The van der Waals surface area contributed by atoms with Crippen LogP contribution < -0.4 is 5.32 Å². The molecule has 0 unspecified atom stereocenters. The van der Waals surface area contributed by atoms with Crippen LogP contribution in [0.1, 0.15) is 28.2 Å². The molecule has 0 aliphatic carbocycles. The summed E-state index contributed by atoms with van der Waals surface area (Å²) in [5.74, 6) is -0.0599. The van der Waals surface area contributed by atoms with E-state index in [-0.39, 0.29) is 5.91 Å². The number of nitrogens with one attached hydrogen (secondary N) is 1. The standard InChI is InChI=1S/C10H14IN3O/c1-7-6-9(8(2)14-13-7)10(15)12-5-3-4-11/h6H,3-5H2,1-2H3,(H,12,15). The van der Waals surface area contributed by atoms with Gasteiger partial charge < -0.3 is 5.32 Å². The zero-order chi connectivity index (χ0) is 11.3. The summed E-state index contributed by atoms with van der Waals surface area (Å²) >= 11 is 2.29. The van der Waals surface area contributed by atoms with Crippen LogP contribution in [0.4, 0.5) is 0 Å². The summed E-state index contributed by atoms with van der Waals surface area (Å²) in [5.41, 5.74) is 2.06. The van der Waals surface area contributed by atoms with Crippen LogP contribution in [0.3, 0.4) is 0 Å². The highest BCUT2D eigenvalue weighted by molar-refractivity contribution is 14.1. The van der Waals surface area contributed by atoms with Crippen LogP contribution in [0.25, 0.3) is 0 Å². The first-order valence-electron chi connectivity index (χ1n) is 4.80. The Labute approximate surface area is 103 Å². The van der Waals surface area contributed by atoms with Crippen molar-refractivity contribution in [1.82, 2.24) is 15.5 Å². The minimum atomic E-state index is -0.0599. The smallest absolute Gasteiger partial charge is 0.253 e. The summed E-state index contributed by atoms with van der Waals surface area (Å²) in [6.45, 7) is 4.33. The molecular formula is C10H14IN3O. The summed E-state index contributed by atoms with van der Waals surface area (Å²) in [6, 6.07) is 1.77. The van der Waals surface area contributed by atoms with E-state index in [4.69, 9.17) is 0 Å². The van der Waals surface area contributed by atoms with Crippen LogP contribution in [0.5, 0.6) is 0 Å². The van der Waals surface area contributed by atoms with Crippen LogP contribution in [0.2, 0.25) is 0 Å². The van der Waals surface area contributed by atoms with Gasteiger partial charge in [-0.05, 0) is 26.3 Å². The molecule has 4 nitrogen and oxygen atoms in total. The quantitative estimate of drug-likeness (QED) is 0.522. The van der Waals surface area contributed by atoms with E-state index in [1.165, 1.54) is 0 Å². The van der Waals surface area contributed by atoms with Crippen molar-refractivity contribution in [2.24, 2.45) is 0 Å². The fraction of sp³-hybridized carbons (Fsp3) is 0.500. The second kappa shape index (κ2) is 5.99. The van der Waals surface area contributed by atoms with E-state index in [0.29, 0.717) is 17.8 Å². The topological polar surface area (TPSA) is 54.9 Å². The highest BCUT2D eigenvalue weighted by Gasteiger charge is 2.09. The molecule has 0 saturated heterocycles. The molecule has 0 spiro atoms. The highest BCUT2D eigenvalue weighted by Crippen LogP contribution is 2.04. The van der Waals surface area contributed by atoms with Gasteiger partial charge in [0.15, 0.2) is 0 Å². The predicted octanol–water partition coefficient (Wildman–Crippen LogP) is 1.65. The van der Waals surface area contributed by atoms with Gasteiger partial charge in [-0.1, -0.05) is 22.6 Å². The predicted molar refractivity (Wildman–Crippen MR) is 67.3 cm³/mol. The molecule has 0 aromatic carbocycles. The van der Waals surface area contributed by atoms with Gasteiger partial charge in [-0.2, -0.15) is 10.2 Å². The molecule has 1 amide bonds. The molecule has 0 aliphatic rings. The number of aryl methyl sites for hydroxylation is 2. The molecular weight excluding hydrogens is 305 g/mol. The second-order valence-corrected chi connectivity index (χ2v) is 4.36. The van der Waals surface area contributed by atoms with Gasteiger partial charge >= 0.3 is 0 Å². The van der Waals surface area contributed by atoms with Gasteiger partial charge in [-0.25, -0.2) is 0 Å². The number of hydrogen-bond donors (Lipinski definition) is 1. The number of carbonyl (C=O) groups is 1.